The Morgan fingerprint density at radius 2 is 2.26 bits per heavy atom. The lowest BCUT2D eigenvalue weighted by molar-refractivity contribution is 0.160. The maximum absolute atomic E-state index is 8.05. The molecule has 7 N–H and O–H groups in total. The summed E-state index contributed by atoms with van der Waals surface area (Å²) >= 11 is 1.09. The number of hydrogen-bond acceptors (Lipinski definition) is 9. The van der Waals surface area contributed by atoms with E-state index in [4.69, 9.17) is 27.0 Å². The minimum Gasteiger partial charge on any atom is -0.403 e. The van der Waals surface area contributed by atoms with Crippen LogP contribution in [-0.2, 0) is 4.74 Å². The molecule has 1 atom stereocenters. The summed E-state index contributed by atoms with van der Waals surface area (Å²) in [6.45, 7) is 0.680. The highest BCUT2D eigenvalue weighted by Gasteiger charge is 2.21. The standard InChI is InChI=1S/C17H20N8OS/c18-7-11(8-19)23-10-6-13-12(22-9-10)3-4-15(24-13)25-17(21)27-16(20)14-2-1-5-26-14/h3-4,6-9,14,18,20,23H,1-2,5,19H2,(H2,21,24,25)/b11-8+,18-7?,20-16?. The van der Waals surface area contributed by atoms with Gasteiger partial charge in [0.1, 0.15) is 11.1 Å². The largest absolute Gasteiger partial charge is 0.403 e. The van der Waals surface area contributed by atoms with Crippen LogP contribution in [0.5, 0.6) is 0 Å². The third kappa shape index (κ3) is 4.80. The first kappa shape index (κ1) is 18.8. The Labute approximate surface area is 160 Å². The van der Waals surface area contributed by atoms with Crippen LogP contribution in [0.3, 0.4) is 0 Å². The van der Waals surface area contributed by atoms with Gasteiger partial charge in [0.15, 0.2) is 11.0 Å². The number of amidine groups is 1. The summed E-state index contributed by atoms with van der Waals surface area (Å²) in [6, 6.07) is 5.30. The summed E-state index contributed by atoms with van der Waals surface area (Å²) in [6.07, 6.45) is 5.64. The molecule has 1 saturated heterocycles. The van der Waals surface area contributed by atoms with Gasteiger partial charge in [0.25, 0.3) is 0 Å². The molecule has 0 bridgehead atoms. The molecule has 2 aromatic rings. The van der Waals surface area contributed by atoms with Gasteiger partial charge in [-0.1, -0.05) is 0 Å². The van der Waals surface area contributed by atoms with Gasteiger partial charge in [-0.3, -0.25) is 10.4 Å². The number of fused-ring (bicyclic) bond motifs is 1. The van der Waals surface area contributed by atoms with Crippen LogP contribution in [0.15, 0.2) is 41.3 Å². The van der Waals surface area contributed by atoms with Gasteiger partial charge in [-0.25, -0.2) is 9.98 Å². The fourth-order valence-electron chi connectivity index (χ4n) is 2.52. The maximum Gasteiger partial charge on any atom is 0.166 e. The number of anilines is 1. The van der Waals surface area contributed by atoms with Crippen molar-refractivity contribution in [3.8, 4) is 0 Å². The lowest BCUT2D eigenvalue weighted by Crippen LogP contribution is -2.19. The zero-order chi connectivity index (χ0) is 19.2. The number of allylic oxidation sites excluding steroid dienone is 1. The number of aromatic nitrogens is 2. The summed E-state index contributed by atoms with van der Waals surface area (Å²) in [5.41, 5.74) is 13.8. The summed E-state index contributed by atoms with van der Waals surface area (Å²) in [4.78, 5) is 13.0. The highest BCUT2D eigenvalue weighted by atomic mass is 32.2. The van der Waals surface area contributed by atoms with Gasteiger partial charge in [-0.05, 0) is 42.8 Å². The van der Waals surface area contributed by atoms with Gasteiger partial charge in [0.05, 0.1) is 28.6 Å². The Bertz CT molecular complexity index is 920. The van der Waals surface area contributed by atoms with Crippen molar-refractivity contribution in [2.75, 3.05) is 11.9 Å². The number of aliphatic imine (C=N–C) groups is 1. The van der Waals surface area contributed by atoms with E-state index in [2.05, 4.69) is 20.3 Å². The Morgan fingerprint density at radius 3 is 2.96 bits per heavy atom. The fourth-order valence-corrected chi connectivity index (χ4v) is 3.20. The third-order valence-corrected chi connectivity index (χ3v) is 4.59. The Balaban J connectivity index is 1.77. The molecule has 3 rings (SSSR count). The normalized spacial score (nSPS) is 17.9. The quantitative estimate of drug-likeness (QED) is 0.390. The molecular weight excluding hydrogens is 364 g/mol. The first-order valence-corrected chi connectivity index (χ1v) is 9.09. The lowest BCUT2D eigenvalue weighted by Gasteiger charge is -2.09. The van der Waals surface area contributed by atoms with Gasteiger partial charge >= 0.3 is 0 Å². The van der Waals surface area contributed by atoms with Crippen molar-refractivity contribution in [2.24, 2.45) is 16.5 Å². The Kier molecular flexibility index (Phi) is 5.99. The molecule has 0 amide bonds. The number of pyridine rings is 2. The third-order valence-electron chi connectivity index (χ3n) is 3.81. The van der Waals surface area contributed by atoms with E-state index < -0.39 is 0 Å². The zero-order valence-electron chi connectivity index (χ0n) is 14.5. The van der Waals surface area contributed by atoms with Crippen LogP contribution in [0.4, 0.5) is 11.5 Å². The van der Waals surface area contributed by atoms with Crippen molar-refractivity contribution in [3.63, 3.8) is 0 Å². The zero-order valence-corrected chi connectivity index (χ0v) is 15.3. The predicted octanol–water partition coefficient (Wildman–Crippen LogP) is 2.33. The van der Waals surface area contributed by atoms with Crippen molar-refractivity contribution >= 4 is 50.7 Å². The molecular formula is C17H20N8OS. The molecule has 1 aliphatic rings. The first-order valence-electron chi connectivity index (χ1n) is 8.27. The number of thioether (sulfide) groups is 1. The molecule has 0 spiro atoms. The second-order valence-electron chi connectivity index (χ2n) is 5.74. The molecule has 3 heterocycles. The molecule has 27 heavy (non-hydrogen) atoms. The highest BCUT2D eigenvalue weighted by Crippen LogP contribution is 2.22. The Morgan fingerprint density at radius 1 is 1.41 bits per heavy atom. The second-order valence-corrected chi connectivity index (χ2v) is 6.80. The van der Waals surface area contributed by atoms with Gasteiger partial charge in [-0.2, -0.15) is 0 Å². The Hall–Kier alpha value is -2.98. The molecule has 0 aliphatic carbocycles. The molecule has 1 fully saturated rings. The summed E-state index contributed by atoms with van der Waals surface area (Å²) in [7, 11) is 0. The van der Waals surface area contributed by atoms with Crippen molar-refractivity contribution < 1.29 is 4.74 Å². The van der Waals surface area contributed by atoms with Crippen LogP contribution in [0.1, 0.15) is 12.8 Å². The van der Waals surface area contributed by atoms with Crippen LogP contribution in [0, 0.1) is 10.8 Å². The molecule has 2 aromatic heterocycles. The molecule has 9 nitrogen and oxygen atoms in total. The van der Waals surface area contributed by atoms with Crippen LogP contribution < -0.4 is 16.8 Å². The smallest absolute Gasteiger partial charge is 0.166 e. The monoisotopic (exact) mass is 384 g/mol. The number of nitrogens with one attached hydrogen (secondary N) is 3. The SMILES string of the molecule is N=C/C(=C\N)Nc1cnc2ccc(N=C(N)SC(=N)C3CCCO3)nc2c1. The number of hydrogen-bond donors (Lipinski definition) is 5. The van der Waals surface area contributed by atoms with E-state index in [0.29, 0.717) is 39.9 Å². The van der Waals surface area contributed by atoms with E-state index in [1.54, 1.807) is 24.4 Å². The predicted molar refractivity (Wildman–Crippen MR) is 110 cm³/mol. The first-order chi connectivity index (χ1) is 13.1. The summed E-state index contributed by atoms with van der Waals surface area (Å²) < 4.78 is 5.47. The van der Waals surface area contributed by atoms with Crippen molar-refractivity contribution in [3.05, 3.63) is 36.3 Å². The van der Waals surface area contributed by atoms with Gasteiger partial charge in [-0.15, -0.1) is 0 Å². The topological polar surface area (TPSA) is 159 Å². The van der Waals surface area contributed by atoms with Gasteiger partial charge < -0.3 is 26.9 Å². The minimum absolute atomic E-state index is 0.190. The van der Waals surface area contributed by atoms with Crippen molar-refractivity contribution in [2.45, 2.75) is 18.9 Å². The molecule has 10 heteroatoms. The molecule has 0 aromatic carbocycles. The van der Waals surface area contributed by atoms with E-state index in [-0.39, 0.29) is 11.3 Å². The van der Waals surface area contributed by atoms with E-state index in [1.165, 1.54) is 6.20 Å². The number of ether oxygens (including phenoxy) is 1. The average molecular weight is 384 g/mol. The van der Waals surface area contributed by atoms with Crippen LogP contribution in [0.25, 0.3) is 11.0 Å². The fraction of sp³-hybridized carbons (Fsp3) is 0.235. The lowest BCUT2D eigenvalue weighted by atomic mass is 10.2. The van der Waals surface area contributed by atoms with E-state index in [0.717, 1.165) is 30.8 Å². The molecule has 1 unspecified atom stereocenters. The van der Waals surface area contributed by atoms with Crippen LogP contribution in [0.2, 0.25) is 0 Å². The van der Waals surface area contributed by atoms with Crippen molar-refractivity contribution in [1.82, 2.24) is 9.97 Å². The molecule has 0 radical (unpaired) electrons. The maximum atomic E-state index is 8.05. The highest BCUT2D eigenvalue weighted by molar-refractivity contribution is 8.26. The molecule has 0 saturated carbocycles. The van der Waals surface area contributed by atoms with Gasteiger partial charge in [0, 0.05) is 19.0 Å². The molecule has 140 valence electrons. The molecule has 1 aliphatic heterocycles. The van der Waals surface area contributed by atoms with Crippen LogP contribution in [-0.4, -0.2) is 39.1 Å². The van der Waals surface area contributed by atoms with E-state index in [1.807, 2.05) is 0 Å². The van der Waals surface area contributed by atoms with Crippen molar-refractivity contribution in [1.29, 1.82) is 10.8 Å². The number of rotatable bonds is 5. The summed E-state index contributed by atoms with van der Waals surface area (Å²) in [5, 5.41) is 18.9. The summed E-state index contributed by atoms with van der Waals surface area (Å²) in [5.74, 6) is 0.424. The number of nitrogens with two attached hydrogens (primary N) is 2. The number of nitrogens with zero attached hydrogens (tertiary/aromatic N) is 3. The minimum atomic E-state index is -0.190. The van der Waals surface area contributed by atoms with Gasteiger partial charge in [0.2, 0.25) is 0 Å². The second kappa shape index (κ2) is 8.60. The van der Waals surface area contributed by atoms with E-state index >= 15 is 0 Å². The van der Waals surface area contributed by atoms with Crippen LogP contribution >= 0.6 is 11.8 Å². The van der Waals surface area contributed by atoms with E-state index in [9.17, 15) is 0 Å². The average Bonchev–Trinajstić information content (AvgIpc) is 3.20.